The second kappa shape index (κ2) is 9.38. The molecule has 0 aromatic heterocycles. The third kappa shape index (κ3) is 5.35. The van der Waals surface area contributed by atoms with Crippen LogP contribution in [0.4, 0.5) is 30.6 Å². The van der Waals surface area contributed by atoms with Crippen LogP contribution in [0, 0.1) is 11.6 Å². The summed E-state index contributed by atoms with van der Waals surface area (Å²) < 4.78 is 34.8. The molecule has 1 aliphatic heterocycles. The molecule has 1 amide bonds. The van der Waals surface area contributed by atoms with Crippen LogP contribution in [0.25, 0.3) is 0 Å². The van der Waals surface area contributed by atoms with Gasteiger partial charge < -0.3 is 15.4 Å². The molecule has 2 aromatic rings. The van der Waals surface area contributed by atoms with Crippen LogP contribution in [0.5, 0.6) is 0 Å². The first-order valence-electron chi connectivity index (χ1n) is 9.78. The molecule has 1 heterocycles. The molecule has 31 heavy (non-hydrogen) atoms. The number of nitrogens with zero attached hydrogens (tertiary/aromatic N) is 1. The molecule has 9 heteroatoms. The number of halogens is 2. The highest BCUT2D eigenvalue weighted by Crippen LogP contribution is 2.30. The van der Waals surface area contributed by atoms with Crippen LogP contribution in [0.1, 0.15) is 32.3 Å². The van der Waals surface area contributed by atoms with Gasteiger partial charge in [-0.15, -0.1) is 0 Å². The van der Waals surface area contributed by atoms with Crippen LogP contribution in [0.3, 0.4) is 0 Å². The number of anilines is 3. The van der Waals surface area contributed by atoms with Crippen molar-refractivity contribution in [2.75, 3.05) is 23.3 Å². The van der Waals surface area contributed by atoms with Crippen molar-refractivity contribution in [3.8, 4) is 0 Å². The molecule has 0 radical (unpaired) electrons. The molecule has 0 aliphatic carbocycles. The number of hydrogen-bond donors (Lipinski definition) is 2. The van der Waals surface area contributed by atoms with E-state index in [4.69, 9.17) is 17.0 Å². The van der Waals surface area contributed by atoms with Gasteiger partial charge >= 0.3 is 6.09 Å². The van der Waals surface area contributed by atoms with Crippen LogP contribution in [0.2, 0.25) is 0 Å². The Labute approximate surface area is 184 Å². The van der Waals surface area contributed by atoms with Gasteiger partial charge in [-0.3, -0.25) is 9.69 Å². The maximum absolute atomic E-state index is 14.8. The van der Waals surface area contributed by atoms with Gasteiger partial charge in [0.15, 0.2) is 11.6 Å². The Morgan fingerprint density at radius 3 is 2.52 bits per heavy atom. The Morgan fingerprint density at radius 1 is 1.23 bits per heavy atom. The normalized spacial score (nSPS) is 15.7. The van der Waals surface area contributed by atoms with Crippen LogP contribution in [0.15, 0.2) is 41.2 Å². The van der Waals surface area contributed by atoms with Crippen molar-refractivity contribution in [3.63, 3.8) is 0 Å². The first-order chi connectivity index (χ1) is 14.7. The van der Waals surface area contributed by atoms with Crippen molar-refractivity contribution in [3.05, 3.63) is 63.8 Å². The number of carbonyl (C=O) groups is 1. The summed E-state index contributed by atoms with van der Waals surface area (Å²) in [6.45, 7) is 6.02. The molecule has 1 aliphatic rings. The lowest BCUT2D eigenvalue weighted by molar-refractivity contribution is 0.143. The maximum Gasteiger partial charge on any atom is 0.414 e. The van der Waals surface area contributed by atoms with Crippen LogP contribution in [-0.4, -0.2) is 30.3 Å². The molecule has 2 N–H and O–H groups in total. The topological polar surface area (TPSA) is 70.7 Å². The van der Waals surface area contributed by atoms with E-state index in [9.17, 15) is 18.4 Å². The van der Waals surface area contributed by atoms with E-state index in [1.807, 2.05) is 13.8 Å². The van der Waals surface area contributed by atoms with Crippen LogP contribution >= 0.6 is 12.2 Å². The molecule has 0 unspecified atom stereocenters. The molecule has 0 spiro atoms. The number of ether oxygens (including phenoxy) is 1. The average Bonchev–Trinajstić information content (AvgIpc) is 2.96. The molecular weight excluding hydrogens is 424 g/mol. The van der Waals surface area contributed by atoms with Gasteiger partial charge in [-0.2, -0.15) is 0 Å². The number of carbonyl (C=O) groups excluding carboxylic acids is 1. The number of rotatable bonds is 6. The number of benzene rings is 1. The minimum Gasteiger partial charge on any atom is -0.442 e. The standard InChI is InChI=1S/C22H23F2N3O3S/c1-12(2)14-5-4-6-20(28)19(7-14)26-21-17(23)8-15(9-18(21)24)27-11-16(30-22(27)29)10-25-13(3)31/h4-9,12,16H,10-11H2,1-3H3,(H,25,31)(H,26,28)/t16-/m0/s1. The van der Waals surface area contributed by atoms with E-state index in [2.05, 4.69) is 10.6 Å². The molecule has 0 saturated carbocycles. The minimum atomic E-state index is -0.934. The summed E-state index contributed by atoms with van der Waals surface area (Å²) in [7, 11) is 0. The fourth-order valence-corrected chi connectivity index (χ4v) is 3.23. The Balaban J connectivity index is 1.86. The van der Waals surface area contributed by atoms with Gasteiger partial charge in [0, 0.05) is 12.1 Å². The van der Waals surface area contributed by atoms with Crippen LogP contribution in [-0.2, 0) is 4.74 Å². The molecular formula is C22H23F2N3O3S. The Morgan fingerprint density at radius 2 is 1.90 bits per heavy atom. The van der Waals surface area contributed by atoms with Crippen molar-refractivity contribution >= 4 is 40.4 Å². The van der Waals surface area contributed by atoms with Gasteiger partial charge in [-0.05, 0) is 30.5 Å². The van der Waals surface area contributed by atoms with E-state index in [1.54, 1.807) is 25.1 Å². The summed E-state index contributed by atoms with van der Waals surface area (Å²) in [5.74, 6) is -1.75. The van der Waals surface area contributed by atoms with Crippen LogP contribution < -0.4 is 21.0 Å². The van der Waals surface area contributed by atoms with E-state index in [0.29, 0.717) is 11.5 Å². The lowest BCUT2D eigenvalue weighted by Crippen LogP contribution is -2.32. The fourth-order valence-electron chi connectivity index (χ4n) is 3.15. The predicted molar refractivity (Wildman–Crippen MR) is 120 cm³/mol. The second-order valence-electron chi connectivity index (χ2n) is 7.57. The van der Waals surface area contributed by atoms with E-state index in [1.165, 1.54) is 6.07 Å². The predicted octanol–water partition coefficient (Wildman–Crippen LogP) is 4.45. The SMILES string of the molecule is CC(=S)NC[C@H]1CN(c2cc(F)c(Nc3cc(C(C)C)cccc3=O)c(F)c2)C(=O)O1. The summed E-state index contributed by atoms with van der Waals surface area (Å²) in [4.78, 5) is 26.1. The van der Waals surface area contributed by atoms with Gasteiger partial charge in [-0.25, -0.2) is 13.6 Å². The van der Waals surface area contributed by atoms with Crippen molar-refractivity contribution < 1.29 is 18.3 Å². The Hall–Kier alpha value is -3.07. The van der Waals surface area contributed by atoms with Gasteiger partial charge in [0.2, 0.25) is 5.43 Å². The molecule has 2 aromatic carbocycles. The van der Waals surface area contributed by atoms with Crippen molar-refractivity contribution in [1.82, 2.24) is 5.32 Å². The van der Waals surface area contributed by atoms with Crippen molar-refractivity contribution in [2.24, 2.45) is 0 Å². The summed E-state index contributed by atoms with van der Waals surface area (Å²) in [5, 5.41) is 5.47. The number of cyclic esters (lactones) is 1. The lowest BCUT2D eigenvalue weighted by atomic mass is 10.1. The molecule has 1 atom stereocenters. The zero-order valence-corrected chi connectivity index (χ0v) is 18.2. The monoisotopic (exact) mass is 447 g/mol. The highest BCUT2D eigenvalue weighted by molar-refractivity contribution is 7.80. The maximum atomic E-state index is 14.8. The van der Waals surface area contributed by atoms with Gasteiger partial charge in [0.25, 0.3) is 0 Å². The summed E-state index contributed by atoms with van der Waals surface area (Å²) >= 11 is 4.93. The second-order valence-corrected chi connectivity index (χ2v) is 8.18. The summed E-state index contributed by atoms with van der Waals surface area (Å²) in [6.07, 6.45) is -1.21. The highest BCUT2D eigenvalue weighted by Gasteiger charge is 2.33. The number of thiocarbonyl (C=S) groups is 1. The molecule has 1 saturated heterocycles. The smallest absolute Gasteiger partial charge is 0.414 e. The third-order valence-corrected chi connectivity index (χ3v) is 4.97. The molecule has 0 bridgehead atoms. The first kappa shape index (κ1) is 22.6. The van der Waals surface area contributed by atoms with Crippen molar-refractivity contribution in [1.29, 1.82) is 0 Å². The average molecular weight is 448 g/mol. The lowest BCUT2D eigenvalue weighted by Gasteiger charge is -2.16. The molecule has 3 rings (SSSR count). The highest BCUT2D eigenvalue weighted by atomic mass is 32.1. The van der Waals surface area contributed by atoms with Gasteiger partial charge in [-0.1, -0.05) is 38.2 Å². The van der Waals surface area contributed by atoms with E-state index in [-0.39, 0.29) is 23.8 Å². The summed E-state index contributed by atoms with van der Waals surface area (Å²) in [5.41, 5.74) is 0.0523. The Kier molecular flexibility index (Phi) is 6.84. The van der Waals surface area contributed by atoms with E-state index in [0.717, 1.165) is 22.6 Å². The minimum absolute atomic E-state index is 0.0240. The molecule has 1 fully saturated rings. The zero-order valence-electron chi connectivity index (χ0n) is 17.4. The Bertz CT molecular complexity index is 1050. The van der Waals surface area contributed by atoms with Crippen molar-refractivity contribution in [2.45, 2.75) is 32.8 Å². The first-order valence-corrected chi connectivity index (χ1v) is 10.2. The molecule has 6 nitrogen and oxygen atoms in total. The summed E-state index contributed by atoms with van der Waals surface area (Å²) in [6, 6.07) is 8.35. The van der Waals surface area contributed by atoms with E-state index < -0.39 is 34.9 Å². The van der Waals surface area contributed by atoms with Gasteiger partial charge in [0.1, 0.15) is 11.8 Å². The fraction of sp³-hybridized carbons (Fsp3) is 0.318. The quantitative estimate of drug-likeness (QED) is 0.638. The number of hydrogen-bond acceptors (Lipinski definition) is 5. The largest absolute Gasteiger partial charge is 0.442 e. The number of nitrogens with one attached hydrogen (secondary N) is 2. The van der Waals surface area contributed by atoms with Gasteiger partial charge in [0.05, 0.1) is 29.5 Å². The third-order valence-electron chi connectivity index (χ3n) is 4.83. The zero-order chi connectivity index (χ0) is 22.7. The van der Waals surface area contributed by atoms with E-state index >= 15 is 0 Å². The molecule has 164 valence electrons. The number of amides is 1.